The van der Waals surface area contributed by atoms with Crippen molar-refractivity contribution in [3.63, 3.8) is 0 Å². The van der Waals surface area contributed by atoms with E-state index in [-0.39, 0.29) is 11.6 Å². The summed E-state index contributed by atoms with van der Waals surface area (Å²) in [5.74, 6) is -0.842. The van der Waals surface area contributed by atoms with Crippen LogP contribution in [-0.2, 0) is 4.74 Å². The van der Waals surface area contributed by atoms with Gasteiger partial charge in [0.15, 0.2) is 11.9 Å². The highest BCUT2D eigenvalue weighted by atomic mass is 16.5. The second-order valence-corrected chi connectivity index (χ2v) is 6.67. The normalized spacial score (nSPS) is 12.8. The molecule has 0 heterocycles. The van der Waals surface area contributed by atoms with Crippen LogP contribution < -0.4 is 0 Å². The fourth-order valence-corrected chi connectivity index (χ4v) is 3.46. The molecule has 1 atom stereocenters. The molecule has 0 aliphatic heterocycles. The zero-order valence-electron chi connectivity index (χ0n) is 15.3. The molecule has 0 aromatic heterocycles. The summed E-state index contributed by atoms with van der Waals surface area (Å²) in [5, 5.41) is 0. The van der Waals surface area contributed by atoms with E-state index in [0.717, 1.165) is 11.1 Å². The highest BCUT2D eigenvalue weighted by Crippen LogP contribution is 2.37. The van der Waals surface area contributed by atoms with Crippen molar-refractivity contribution in [1.29, 1.82) is 0 Å². The lowest BCUT2D eigenvalue weighted by molar-refractivity contribution is 0.0277. The smallest absolute Gasteiger partial charge is 0.338 e. The van der Waals surface area contributed by atoms with Crippen LogP contribution in [0.3, 0.4) is 0 Å². The Morgan fingerprint density at radius 2 is 1.43 bits per heavy atom. The summed E-state index contributed by atoms with van der Waals surface area (Å²) in [5.41, 5.74) is 3.57. The van der Waals surface area contributed by atoms with Gasteiger partial charge in [-0.2, -0.15) is 0 Å². The number of Topliss-reactive ketones (excluding diaryl/α,β-unsaturated/α-hetero) is 1. The van der Waals surface area contributed by atoms with Crippen LogP contribution in [0, 0.1) is 0 Å². The van der Waals surface area contributed by atoms with E-state index >= 15 is 0 Å². The lowest BCUT2D eigenvalue weighted by Gasteiger charge is -2.15. The minimum Gasteiger partial charge on any atom is -0.450 e. The highest BCUT2D eigenvalue weighted by molar-refractivity contribution is 6.22. The fourth-order valence-electron chi connectivity index (χ4n) is 3.46. The molecule has 28 heavy (non-hydrogen) atoms. The minimum atomic E-state index is -0.850. The Bertz CT molecular complexity index is 1080. The van der Waals surface area contributed by atoms with Crippen molar-refractivity contribution in [2.75, 3.05) is 0 Å². The minimum absolute atomic E-state index is 0.0452. The molecule has 0 N–H and O–H groups in total. The van der Waals surface area contributed by atoms with Gasteiger partial charge >= 0.3 is 5.97 Å². The van der Waals surface area contributed by atoms with E-state index in [1.165, 1.54) is 0 Å². The van der Waals surface area contributed by atoms with Crippen LogP contribution in [0.25, 0.3) is 11.1 Å². The lowest BCUT2D eigenvalue weighted by atomic mass is 10.0. The van der Waals surface area contributed by atoms with Gasteiger partial charge in [0.25, 0.3) is 0 Å². The zero-order chi connectivity index (χ0) is 19.7. The first-order chi connectivity index (χ1) is 13.6. The molecule has 3 aromatic rings. The molecule has 0 saturated carbocycles. The van der Waals surface area contributed by atoms with Crippen LogP contribution in [0.4, 0.5) is 0 Å². The Morgan fingerprint density at radius 1 is 0.786 bits per heavy atom. The number of esters is 1. The van der Waals surface area contributed by atoms with Crippen molar-refractivity contribution in [2.45, 2.75) is 19.4 Å². The van der Waals surface area contributed by atoms with Crippen molar-refractivity contribution in [3.05, 3.63) is 95.1 Å². The number of ether oxygens (including phenoxy) is 1. The molecule has 1 aliphatic carbocycles. The molecule has 4 heteroatoms. The molecular weight excluding hydrogens is 352 g/mol. The maximum Gasteiger partial charge on any atom is 0.338 e. The molecule has 0 amide bonds. The molecule has 0 fully saturated rings. The molecule has 0 spiro atoms. The lowest BCUT2D eigenvalue weighted by Crippen LogP contribution is -2.27. The third kappa shape index (κ3) is 3.03. The summed E-state index contributed by atoms with van der Waals surface area (Å²) in [6.45, 7) is 1.80. The first kappa shape index (κ1) is 17.9. The molecule has 0 radical (unpaired) electrons. The molecular formula is C24H18O4. The average molecular weight is 370 g/mol. The number of ketones is 2. The van der Waals surface area contributed by atoms with E-state index in [1.54, 1.807) is 55.5 Å². The quantitative estimate of drug-likeness (QED) is 0.377. The summed E-state index contributed by atoms with van der Waals surface area (Å²) < 4.78 is 5.50. The first-order valence-corrected chi connectivity index (χ1v) is 9.18. The maximum absolute atomic E-state index is 12.7. The molecule has 138 valence electrons. The highest BCUT2D eigenvalue weighted by Gasteiger charge is 2.28. The SMILES string of the molecule is CCC(OC(=O)c1ccc2c(c1)-c1ccccc1C2=O)C(=O)c1ccccc1. The van der Waals surface area contributed by atoms with E-state index in [4.69, 9.17) is 4.74 Å². The number of carbonyl (C=O) groups excluding carboxylic acids is 3. The van der Waals surface area contributed by atoms with Crippen LogP contribution >= 0.6 is 0 Å². The third-order valence-electron chi connectivity index (χ3n) is 4.93. The third-order valence-corrected chi connectivity index (χ3v) is 4.93. The molecule has 3 aromatic carbocycles. The second kappa shape index (κ2) is 7.24. The Balaban J connectivity index is 1.60. The number of hydrogen-bond acceptors (Lipinski definition) is 4. The van der Waals surface area contributed by atoms with Gasteiger partial charge in [-0.1, -0.05) is 61.5 Å². The van der Waals surface area contributed by atoms with Gasteiger partial charge in [0.2, 0.25) is 5.78 Å². The molecule has 4 rings (SSSR count). The van der Waals surface area contributed by atoms with Crippen molar-refractivity contribution < 1.29 is 19.1 Å². The Morgan fingerprint density at radius 3 is 2.14 bits per heavy atom. The van der Waals surface area contributed by atoms with Crippen molar-refractivity contribution in [3.8, 4) is 11.1 Å². The molecule has 1 aliphatic rings. The van der Waals surface area contributed by atoms with Crippen molar-refractivity contribution in [2.24, 2.45) is 0 Å². The number of benzene rings is 3. The largest absolute Gasteiger partial charge is 0.450 e. The summed E-state index contributed by atoms with van der Waals surface area (Å²) in [6.07, 6.45) is -0.469. The van der Waals surface area contributed by atoms with E-state index < -0.39 is 12.1 Å². The standard InChI is InChI=1S/C24H18O4/c1-2-21(22(25)15-8-4-3-5-9-15)28-24(27)16-12-13-19-20(14-16)17-10-6-7-11-18(17)23(19)26/h3-14,21H,2H2,1H3. The average Bonchev–Trinajstić information content (AvgIpc) is 3.04. The predicted octanol–water partition coefficient (Wildman–Crippen LogP) is 4.72. The van der Waals surface area contributed by atoms with Gasteiger partial charge in [0.1, 0.15) is 0 Å². The second-order valence-electron chi connectivity index (χ2n) is 6.67. The number of hydrogen-bond donors (Lipinski definition) is 0. The summed E-state index contributed by atoms with van der Waals surface area (Å²) in [6, 6.07) is 21.0. The van der Waals surface area contributed by atoms with E-state index in [1.807, 2.05) is 24.3 Å². The van der Waals surface area contributed by atoms with Crippen LogP contribution in [0.1, 0.15) is 50.0 Å². The van der Waals surface area contributed by atoms with Crippen LogP contribution in [0.15, 0.2) is 72.8 Å². The van der Waals surface area contributed by atoms with Gasteiger partial charge in [-0.25, -0.2) is 4.79 Å². The van der Waals surface area contributed by atoms with Crippen LogP contribution in [0.2, 0.25) is 0 Å². The predicted molar refractivity (Wildman–Crippen MR) is 106 cm³/mol. The van der Waals surface area contributed by atoms with Gasteiger partial charge in [-0.3, -0.25) is 9.59 Å². The van der Waals surface area contributed by atoms with E-state index in [9.17, 15) is 14.4 Å². The summed E-state index contributed by atoms with van der Waals surface area (Å²) >= 11 is 0. The summed E-state index contributed by atoms with van der Waals surface area (Å²) in [7, 11) is 0. The van der Waals surface area contributed by atoms with Gasteiger partial charge < -0.3 is 4.74 Å². The summed E-state index contributed by atoms with van der Waals surface area (Å²) in [4.78, 5) is 37.8. The van der Waals surface area contributed by atoms with E-state index in [0.29, 0.717) is 28.7 Å². The molecule has 4 nitrogen and oxygen atoms in total. The fraction of sp³-hybridized carbons (Fsp3) is 0.125. The first-order valence-electron chi connectivity index (χ1n) is 9.18. The number of carbonyl (C=O) groups is 3. The Kier molecular flexibility index (Phi) is 4.62. The Labute approximate surface area is 162 Å². The van der Waals surface area contributed by atoms with Crippen molar-refractivity contribution in [1.82, 2.24) is 0 Å². The van der Waals surface area contributed by atoms with Crippen LogP contribution in [0.5, 0.6) is 0 Å². The topological polar surface area (TPSA) is 60.4 Å². The monoisotopic (exact) mass is 370 g/mol. The van der Waals surface area contributed by atoms with Gasteiger partial charge in [0.05, 0.1) is 5.56 Å². The molecule has 0 saturated heterocycles. The maximum atomic E-state index is 12.7. The zero-order valence-corrected chi connectivity index (χ0v) is 15.3. The molecule has 0 bridgehead atoms. The Hall–Kier alpha value is -3.53. The van der Waals surface area contributed by atoms with Gasteiger partial charge in [0, 0.05) is 16.7 Å². The van der Waals surface area contributed by atoms with Crippen LogP contribution in [-0.4, -0.2) is 23.6 Å². The van der Waals surface area contributed by atoms with Gasteiger partial charge in [-0.15, -0.1) is 0 Å². The van der Waals surface area contributed by atoms with Crippen molar-refractivity contribution >= 4 is 17.5 Å². The number of rotatable bonds is 5. The van der Waals surface area contributed by atoms with E-state index in [2.05, 4.69) is 0 Å². The molecule has 1 unspecified atom stereocenters. The number of fused-ring (bicyclic) bond motifs is 3. The van der Waals surface area contributed by atoms with Gasteiger partial charge in [-0.05, 0) is 35.7 Å².